The molecule has 124 valence electrons. The minimum absolute atomic E-state index is 0.0480. The predicted octanol–water partition coefficient (Wildman–Crippen LogP) is 5.23. The summed E-state index contributed by atoms with van der Waals surface area (Å²) in [7, 11) is 0. The molecular weight excluding hydrogens is 348 g/mol. The van der Waals surface area contributed by atoms with Crippen molar-refractivity contribution in [2.24, 2.45) is 0 Å². The van der Waals surface area contributed by atoms with Gasteiger partial charge in [0.1, 0.15) is 5.82 Å². The van der Waals surface area contributed by atoms with Gasteiger partial charge in [0.05, 0.1) is 16.1 Å². The lowest BCUT2D eigenvalue weighted by molar-refractivity contribution is -0.137. The van der Waals surface area contributed by atoms with Crippen LogP contribution in [0.5, 0.6) is 0 Å². The second kappa shape index (κ2) is 5.83. The maximum absolute atomic E-state index is 13.1. The maximum Gasteiger partial charge on any atom is 0.417 e. The largest absolute Gasteiger partial charge is 0.417 e. The highest BCUT2D eigenvalue weighted by atomic mass is 35.5. The number of H-pyrrole nitrogens is 1. The number of carbonyl (C=O) groups excluding carboxylic acids is 1. The molecule has 0 atom stereocenters. The SMILES string of the molecule is O=C(Nc1ccc(Cl)c(C(F)(F)F)c1)c1c[nH]c2cc(F)ccc12. The molecular formula is C16H9ClF4N2O. The number of benzene rings is 2. The smallest absolute Gasteiger partial charge is 0.360 e. The molecule has 8 heteroatoms. The molecule has 3 aromatic rings. The van der Waals surface area contributed by atoms with Crippen LogP contribution in [0.2, 0.25) is 5.02 Å². The summed E-state index contributed by atoms with van der Waals surface area (Å²) in [6.45, 7) is 0. The molecule has 0 aliphatic rings. The van der Waals surface area contributed by atoms with E-state index in [1.165, 1.54) is 30.5 Å². The quantitative estimate of drug-likeness (QED) is 0.607. The molecule has 0 spiro atoms. The van der Waals surface area contributed by atoms with Crippen LogP contribution in [0.1, 0.15) is 15.9 Å². The molecule has 0 radical (unpaired) electrons. The van der Waals surface area contributed by atoms with E-state index in [0.717, 1.165) is 12.1 Å². The van der Waals surface area contributed by atoms with Crippen LogP contribution in [0.4, 0.5) is 23.2 Å². The molecule has 24 heavy (non-hydrogen) atoms. The van der Waals surface area contributed by atoms with E-state index in [1.54, 1.807) is 0 Å². The lowest BCUT2D eigenvalue weighted by Crippen LogP contribution is -2.13. The Morgan fingerprint density at radius 3 is 2.58 bits per heavy atom. The van der Waals surface area contributed by atoms with Gasteiger partial charge in [0, 0.05) is 22.8 Å². The number of amides is 1. The van der Waals surface area contributed by atoms with Crippen LogP contribution in [-0.4, -0.2) is 10.9 Å². The molecule has 0 bridgehead atoms. The first kappa shape index (κ1) is 16.3. The van der Waals surface area contributed by atoms with Gasteiger partial charge in [-0.15, -0.1) is 0 Å². The van der Waals surface area contributed by atoms with Crippen molar-refractivity contribution >= 4 is 34.1 Å². The van der Waals surface area contributed by atoms with Crippen LogP contribution in [0.3, 0.4) is 0 Å². The topological polar surface area (TPSA) is 44.9 Å². The van der Waals surface area contributed by atoms with E-state index >= 15 is 0 Å². The van der Waals surface area contributed by atoms with E-state index in [4.69, 9.17) is 11.6 Å². The van der Waals surface area contributed by atoms with E-state index in [9.17, 15) is 22.4 Å². The van der Waals surface area contributed by atoms with Crippen molar-refractivity contribution in [2.75, 3.05) is 5.32 Å². The molecule has 2 aromatic carbocycles. The van der Waals surface area contributed by atoms with Gasteiger partial charge in [-0.05, 0) is 36.4 Å². The minimum atomic E-state index is -4.63. The van der Waals surface area contributed by atoms with Crippen LogP contribution in [-0.2, 0) is 6.18 Å². The van der Waals surface area contributed by atoms with Crippen molar-refractivity contribution in [1.82, 2.24) is 4.98 Å². The van der Waals surface area contributed by atoms with Crippen molar-refractivity contribution < 1.29 is 22.4 Å². The fourth-order valence-corrected chi connectivity index (χ4v) is 2.53. The third kappa shape index (κ3) is 3.07. The van der Waals surface area contributed by atoms with E-state index in [1.807, 2.05) is 0 Å². The summed E-state index contributed by atoms with van der Waals surface area (Å²) in [5.41, 5.74) is -0.489. The first-order chi connectivity index (χ1) is 11.3. The van der Waals surface area contributed by atoms with Crippen molar-refractivity contribution in [3.63, 3.8) is 0 Å². The Balaban J connectivity index is 1.92. The molecule has 2 N–H and O–H groups in total. The number of alkyl halides is 3. The number of nitrogens with one attached hydrogen (secondary N) is 2. The van der Waals surface area contributed by atoms with Crippen LogP contribution in [0.25, 0.3) is 10.9 Å². The standard InChI is InChI=1S/C16H9ClF4N2O/c17-13-4-2-9(6-12(13)16(19,20)21)23-15(24)11-7-22-14-5-8(18)1-3-10(11)14/h1-7,22H,(H,23,24). The number of aromatic amines is 1. The summed E-state index contributed by atoms with van der Waals surface area (Å²) < 4.78 is 51.7. The zero-order chi connectivity index (χ0) is 17.5. The van der Waals surface area contributed by atoms with Crippen molar-refractivity contribution in [1.29, 1.82) is 0 Å². The van der Waals surface area contributed by atoms with Gasteiger partial charge in [0.2, 0.25) is 0 Å². The van der Waals surface area contributed by atoms with Crippen LogP contribution in [0.15, 0.2) is 42.6 Å². The predicted molar refractivity (Wildman–Crippen MR) is 82.7 cm³/mol. The van der Waals surface area contributed by atoms with Crippen molar-refractivity contribution in [3.8, 4) is 0 Å². The monoisotopic (exact) mass is 356 g/mol. The Hall–Kier alpha value is -2.54. The first-order valence-corrected chi connectivity index (χ1v) is 7.08. The average molecular weight is 357 g/mol. The number of hydrogen-bond acceptors (Lipinski definition) is 1. The molecule has 0 saturated carbocycles. The Kier molecular flexibility index (Phi) is 3.96. The Morgan fingerprint density at radius 1 is 1.12 bits per heavy atom. The highest BCUT2D eigenvalue weighted by Gasteiger charge is 2.33. The molecule has 0 saturated heterocycles. The van der Waals surface area contributed by atoms with Crippen molar-refractivity contribution in [2.45, 2.75) is 6.18 Å². The maximum atomic E-state index is 13.1. The zero-order valence-electron chi connectivity index (χ0n) is 11.8. The van der Waals surface area contributed by atoms with Crippen LogP contribution in [0, 0.1) is 5.82 Å². The number of halogens is 5. The second-order valence-corrected chi connectivity index (χ2v) is 5.45. The summed E-state index contributed by atoms with van der Waals surface area (Å²) in [6.07, 6.45) is -3.27. The van der Waals surface area contributed by atoms with Gasteiger partial charge in [-0.2, -0.15) is 13.2 Å². The fraction of sp³-hybridized carbons (Fsp3) is 0.0625. The highest BCUT2D eigenvalue weighted by molar-refractivity contribution is 6.31. The number of aromatic nitrogens is 1. The third-order valence-corrected chi connectivity index (χ3v) is 3.75. The molecule has 0 fully saturated rings. The fourth-order valence-electron chi connectivity index (χ4n) is 2.30. The van der Waals surface area contributed by atoms with Crippen LogP contribution < -0.4 is 5.32 Å². The van der Waals surface area contributed by atoms with Crippen molar-refractivity contribution in [3.05, 3.63) is 64.6 Å². The van der Waals surface area contributed by atoms with Gasteiger partial charge < -0.3 is 10.3 Å². The first-order valence-electron chi connectivity index (χ1n) is 6.70. The lowest BCUT2D eigenvalue weighted by Gasteiger charge is -2.11. The number of carbonyl (C=O) groups is 1. The number of hydrogen-bond donors (Lipinski definition) is 2. The molecule has 3 nitrogen and oxygen atoms in total. The second-order valence-electron chi connectivity index (χ2n) is 5.04. The number of anilines is 1. The van der Waals surface area contributed by atoms with E-state index in [0.29, 0.717) is 10.9 Å². The summed E-state index contributed by atoms with van der Waals surface area (Å²) in [6, 6.07) is 6.91. The molecule has 0 unspecified atom stereocenters. The molecule has 1 amide bonds. The molecule has 3 rings (SSSR count). The normalized spacial score (nSPS) is 11.7. The highest BCUT2D eigenvalue weighted by Crippen LogP contribution is 2.36. The molecule has 0 aliphatic heterocycles. The molecule has 1 aromatic heterocycles. The van der Waals surface area contributed by atoms with Gasteiger partial charge in [0.15, 0.2) is 0 Å². The van der Waals surface area contributed by atoms with E-state index in [2.05, 4.69) is 10.3 Å². The van der Waals surface area contributed by atoms with Gasteiger partial charge in [-0.1, -0.05) is 11.6 Å². The summed E-state index contributed by atoms with van der Waals surface area (Å²) in [4.78, 5) is 15.0. The van der Waals surface area contributed by atoms with Gasteiger partial charge >= 0.3 is 6.18 Å². The van der Waals surface area contributed by atoms with Gasteiger partial charge in [-0.3, -0.25) is 4.79 Å². The minimum Gasteiger partial charge on any atom is -0.360 e. The average Bonchev–Trinajstić information content (AvgIpc) is 2.91. The van der Waals surface area contributed by atoms with Gasteiger partial charge in [-0.25, -0.2) is 4.39 Å². The molecule has 1 heterocycles. The summed E-state index contributed by atoms with van der Waals surface area (Å²) >= 11 is 5.54. The molecule has 0 aliphatic carbocycles. The Bertz CT molecular complexity index is 933. The number of rotatable bonds is 2. The Morgan fingerprint density at radius 2 is 1.88 bits per heavy atom. The summed E-state index contributed by atoms with van der Waals surface area (Å²) in [5.74, 6) is -1.09. The lowest BCUT2D eigenvalue weighted by atomic mass is 10.1. The zero-order valence-corrected chi connectivity index (χ0v) is 12.6. The third-order valence-electron chi connectivity index (χ3n) is 3.42. The van der Waals surface area contributed by atoms with E-state index in [-0.39, 0.29) is 11.3 Å². The van der Waals surface area contributed by atoms with E-state index < -0.39 is 28.5 Å². The number of fused-ring (bicyclic) bond motifs is 1. The van der Waals surface area contributed by atoms with Gasteiger partial charge in [0.25, 0.3) is 5.91 Å². The van der Waals surface area contributed by atoms with Crippen LogP contribution >= 0.6 is 11.6 Å². The Labute approximate surface area is 138 Å². The summed E-state index contributed by atoms with van der Waals surface area (Å²) in [5, 5.41) is 2.38.